The van der Waals surface area contributed by atoms with E-state index in [0.29, 0.717) is 16.1 Å². The minimum Gasteiger partial charge on any atom is -0.363 e. The summed E-state index contributed by atoms with van der Waals surface area (Å²) in [4.78, 5) is 2.40. The number of piperidine rings is 1. The molecular formula is C25H25Cl3N2. The lowest BCUT2D eigenvalue weighted by atomic mass is 9.91. The summed E-state index contributed by atoms with van der Waals surface area (Å²) in [7, 11) is 0. The molecule has 1 aliphatic heterocycles. The number of rotatable bonds is 6. The highest BCUT2D eigenvalue weighted by Gasteiger charge is 2.30. The van der Waals surface area contributed by atoms with Gasteiger partial charge in [-0.1, -0.05) is 77.3 Å². The van der Waals surface area contributed by atoms with Crippen LogP contribution in [0.25, 0.3) is 0 Å². The Morgan fingerprint density at radius 1 is 0.867 bits per heavy atom. The van der Waals surface area contributed by atoms with Gasteiger partial charge in [-0.3, -0.25) is 0 Å². The van der Waals surface area contributed by atoms with Crippen LogP contribution >= 0.6 is 34.8 Å². The Bertz CT molecular complexity index is 960. The van der Waals surface area contributed by atoms with Crippen molar-refractivity contribution in [3.05, 3.63) is 99.0 Å². The summed E-state index contributed by atoms with van der Waals surface area (Å²) in [6, 6.07) is 25.2. The Hall–Kier alpha value is -1.71. The molecule has 0 aromatic heterocycles. The summed E-state index contributed by atoms with van der Waals surface area (Å²) in [5.74, 6) is 0. The maximum absolute atomic E-state index is 6.57. The molecule has 0 aliphatic carbocycles. The fourth-order valence-corrected chi connectivity index (χ4v) is 4.86. The fourth-order valence-electron chi connectivity index (χ4n) is 4.22. The highest BCUT2D eigenvalue weighted by atomic mass is 35.5. The van der Waals surface area contributed by atoms with Gasteiger partial charge in [-0.25, -0.2) is 0 Å². The van der Waals surface area contributed by atoms with Gasteiger partial charge in [-0.05, 0) is 67.3 Å². The Morgan fingerprint density at radius 2 is 1.60 bits per heavy atom. The Labute approximate surface area is 193 Å². The molecule has 1 saturated heterocycles. The minimum absolute atomic E-state index is 0.226. The molecule has 0 spiro atoms. The topological polar surface area (TPSA) is 15.3 Å². The van der Waals surface area contributed by atoms with E-state index < -0.39 is 0 Å². The van der Waals surface area contributed by atoms with Gasteiger partial charge in [0.25, 0.3) is 0 Å². The molecule has 3 aromatic rings. The van der Waals surface area contributed by atoms with E-state index in [2.05, 4.69) is 52.7 Å². The monoisotopic (exact) mass is 458 g/mol. The van der Waals surface area contributed by atoms with E-state index in [1.165, 1.54) is 11.1 Å². The molecule has 0 saturated carbocycles. The Balaban J connectivity index is 1.50. The van der Waals surface area contributed by atoms with Gasteiger partial charge in [-0.2, -0.15) is 0 Å². The lowest BCUT2D eigenvalue weighted by molar-refractivity contribution is 0.362. The zero-order valence-electron chi connectivity index (χ0n) is 16.7. The summed E-state index contributed by atoms with van der Waals surface area (Å²) in [6.45, 7) is 1.90. The first-order valence-electron chi connectivity index (χ1n) is 10.3. The Morgan fingerprint density at radius 3 is 2.33 bits per heavy atom. The van der Waals surface area contributed by atoms with E-state index in [-0.39, 0.29) is 6.04 Å². The van der Waals surface area contributed by atoms with Crippen LogP contribution in [0, 0.1) is 0 Å². The van der Waals surface area contributed by atoms with Crippen molar-refractivity contribution in [2.24, 2.45) is 0 Å². The average molecular weight is 460 g/mol. The molecule has 1 fully saturated rings. The molecule has 4 rings (SSSR count). The summed E-state index contributed by atoms with van der Waals surface area (Å²) >= 11 is 18.8. The van der Waals surface area contributed by atoms with Crippen molar-refractivity contribution in [2.75, 3.05) is 18.0 Å². The number of nitrogens with one attached hydrogen (secondary N) is 1. The quantitative estimate of drug-likeness (QED) is 0.419. The molecule has 30 heavy (non-hydrogen) atoms. The Kier molecular flexibility index (Phi) is 7.22. The van der Waals surface area contributed by atoms with Crippen LogP contribution in [0.5, 0.6) is 0 Å². The van der Waals surface area contributed by atoms with E-state index in [4.69, 9.17) is 34.8 Å². The molecule has 0 bridgehead atoms. The third-order valence-electron chi connectivity index (χ3n) is 5.77. The first-order chi connectivity index (χ1) is 14.6. The minimum atomic E-state index is 0.226. The first-order valence-corrected chi connectivity index (χ1v) is 11.5. The van der Waals surface area contributed by atoms with Gasteiger partial charge >= 0.3 is 0 Å². The molecule has 156 valence electrons. The molecule has 2 nitrogen and oxygen atoms in total. The lowest BCUT2D eigenvalue weighted by Crippen LogP contribution is -2.45. The van der Waals surface area contributed by atoms with Crippen LogP contribution in [0.15, 0.2) is 72.8 Å². The van der Waals surface area contributed by atoms with Crippen LogP contribution in [0.2, 0.25) is 15.1 Å². The third kappa shape index (κ3) is 5.31. The molecule has 0 radical (unpaired) electrons. The largest absolute Gasteiger partial charge is 0.363 e. The predicted octanol–water partition coefficient (Wildman–Crippen LogP) is 7.19. The van der Waals surface area contributed by atoms with Gasteiger partial charge < -0.3 is 10.2 Å². The molecule has 1 aliphatic rings. The molecular weight excluding hydrogens is 435 g/mol. The van der Waals surface area contributed by atoms with Crippen molar-refractivity contribution in [1.82, 2.24) is 5.32 Å². The molecule has 0 amide bonds. The van der Waals surface area contributed by atoms with Crippen molar-refractivity contribution < 1.29 is 0 Å². The van der Waals surface area contributed by atoms with E-state index >= 15 is 0 Å². The molecule has 5 heteroatoms. The fraction of sp³-hybridized carbons (Fsp3) is 0.280. The van der Waals surface area contributed by atoms with E-state index in [1.807, 2.05) is 30.3 Å². The summed E-state index contributed by atoms with van der Waals surface area (Å²) in [6.07, 6.45) is 3.11. The van der Waals surface area contributed by atoms with Crippen LogP contribution in [-0.4, -0.2) is 19.1 Å². The summed E-state index contributed by atoms with van der Waals surface area (Å²) in [5, 5.41) is 5.87. The number of anilines is 1. The van der Waals surface area contributed by atoms with Crippen molar-refractivity contribution in [3.63, 3.8) is 0 Å². The van der Waals surface area contributed by atoms with Gasteiger partial charge in [0.1, 0.15) is 0 Å². The summed E-state index contributed by atoms with van der Waals surface area (Å²) < 4.78 is 0. The maximum atomic E-state index is 6.57. The lowest BCUT2D eigenvalue weighted by Gasteiger charge is -2.42. The van der Waals surface area contributed by atoms with Crippen molar-refractivity contribution in [2.45, 2.75) is 31.3 Å². The number of nitrogens with zero attached hydrogens (tertiary/aromatic N) is 1. The van der Waals surface area contributed by atoms with Crippen LogP contribution < -0.4 is 10.2 Å². The second-order valence-electron chi connectivity index (χ2n) is 7.77. The number of benzene rings is 3. The second kappa shape index (κ2) is 10.1. The summed E-state index contributed by atoms with van der Waals surface area (Å²) in [5.41, 5.74) is 3.65. The van der Waals surface area contributed by atoms with Crippen LogP contribution in [0.1, 0.15) is 30.0 Å². The first kappa shape index (κ1) is 21.5. The van der Waals surface area contributed by atoms with Crippen LogP contribution in [0.3, 0.4) is 0 Å². The maximum Gasteiger partial charge on any atom is 0.0654 e. The SMILES string of the molecule is Clc1ccc(C2CC(NCCc3ccccc3)CCN2c2ccc(Cl)cc2Cl)cc1. The van der Waals surface area contributed by atoms with E-state index in [0.717, 1.165) is 43.1 Å². The molecule has 1 heterocycles. The number of hydrogen-bond acceptors (Lipinski definition) is 2. The van der Waals surface area contributed by atoms with Gasteiger partial charge in [0, 0.05) is 22.6 Å². The number of halogens is 3. The van der Waals surface area contributed by atoms with E-state index in [1.54, 1.807) is 0 Å². The predicted molar refractivity (Wildman–Crippen MR) is 129 cm³/mol. The third-order valence-corrected chi connectivity index (χ3v) is 6.56. The van der Waals surface area contributed by atoms with Gasteiger partial charge in [0.05, 0.1) is 16.8 Å². The molecule has 2 atom stereocenters. The van der Waals surface area contributed by atoms with Gasteiger partial charge in [0.15, 0.2) is 0 Å². The van der Waals surface area contributed by atoms with E-state index in [9.17, 15) is 0 Å². The zero-order valence-corrected chi connectivity index (χ0v) is 19.0. The normalized spacial score (nSPS) is 19.1. The standard InChI is InChI=1S/C25H25Cl3N2/c26-20-8-6-19(7-9-20)25-17-22(29-14-12-18-4-2-1-3-5-18)13-15-30(25)24-11-10-21(27)16-23(24)28/h1-11,16,22,25,29H,12-15,17H2. The average Bonchev–Trinajstić information content (AvgIpc) is 2.75. The highest BCUT2D eigenvalue weighted by molar-refractivity contribution is 6.36. The molecule has 2 unspecified atom stereocenters. The van der Waals surface area contributed by atoms with Crippen LogP contribution in [0.4, 0.5) is 5.69 Å². The number of hydrogen-bond donors (Lipinski definition) is 1. The highest BCUT2D eigenvalue weighted by Crippen LogP contribution is 2.39. The zero-order chi connectivity index (χ0) is 20.9. The molecule has 1 N–H and O–H groups in total. The van der Waals surface area contributed by atoms with Crippen molar-refractivity contribution >= 4 is 40.5 Å². The smallest absolute Gasteiger partial charge is 0.0654 e. The van der Waals surface area contributed by atoms with Gasteiger partial charge in [0.2, 0.25) is 0 Å². The van der Waals surface area contributed by atoms with Crippen molar-refractivity contribution in [3.8, 4) is 0 Å². The van der Waals surface area contributed by atoms with Crippen LogP contribution in [-0.2, 0) is 6.42 Å². The van der Waals surface area contributed by atoms with Gasteiger partial charge in [-0.15, -0.1) is 0 Å². The second-order valence-corrected chi connectivity index (χ2v) is 9.05. The molecule has 3 aromatic carbocycles. The van der Waals surface area contributed by atoms with Crippen molar-refractivity contribution in [1.29, 1.82) is 0 Å².